The van der Waals surface area contributed by atoms with Crippen LogP contribution in [-0.2, 0) is 6.42 Å². The summed E-state index contributed by atoms with van der Waals surface area (Å²) in [6, 6.07) is 12.9. The summed E-state index contributed by atoms with van der Waals surface area (Å²) in [5.41, 5.74) is 8.89. The molecule has 1 aromatic heterocycles. The van der Waals surface area contributed by atoms with Gasteiger partial charge in [-0.2, -0.15) is 0 Å². The van der Waals surface area contributed by atoms with Gasteiger partial charge in [0.1, 0.15) is 0 Å². The van der Waals surface area contributed by atoms with Crippen LogP contribution in [0.2, 0.25) is 0 Å². The largest absolute Gasteiger partial charge is 0.472 e. The predicted molar refractivity (Wildman–Crippen MR) is 67.7 cm³/mol. The van der Waals surface area contributed by atoms with Gasteiger partial charge < -0.3 is 10.2 Å². The third kappa shape index (κ3) is 2.27. The number of benzene rings is 1. The molecular formula is C15H17NO. The van der Waals surface area contributed by atoms with Crippen LogP contribution in [0, 0.1) is 5.92 Å². The van der Waals surface area contributed by atoms with Crippen molar-refractivity contribution < 1.29 is 4.42 Å². The average Bonchev–Trinajstić information content (AvgIpc) is 3.02. The summed E-state index contributed by atoms with van der Waals surface area (Å²) in [5, 5.41) is 0. The van der Waals surface area contributed by atoms with Crippen molar-refractivity contribution in [2.45, 2.75) is 24.8 Å². The van der Waals surface area contributed by atoms with Crippen molar-refractivity contribution in [1.29, 1.82) is 0 Å². The summed E-state index contributed by atoms with van der Waals surface area (Å²) in [7, 11) is 0. The Bertz CT molecular complexity index is 463. The van der Waals surface area contributed by atoms with E-state index in [9.17, 15) is 0 Å². The molecule has 0 bridgehead atoms. The zero-order chi connectivity index (χ0) is 11.7. The maximum Gasteiger partial charge on any atom is 0.0935 e. The van der Waals surface area contributed by atoms with Crippen LogP contribution >= 0.6 is 0 Å². The smallest absolute Gasteiger partial charge is 0.0935 e. The van der Waals surface area contributed by atoms with Crippen LogP contribution in [0.25, 0.3) is 0 Å². The average molecular weight is 227 g/mol. The fourth-order valence-corrected chi connectivity index (χ4v) is 2.60. The van der Waals surface area contributed by atoms with E-state index in [0.717, 1.165) is 6.42 Å². The first kappa shape index (κ1) is 10.6. The Morgan fingerprint density at radius 1 is 1.24 bits per heavy atom. The monoisotopic (exact) mass is 227 g/mol. The number of hydrogen-bond donors (Lipinski definition) is 1. The first-order valence-corrected chi connectivity index (χ1v) is 6.16. The van der Waals surface area contributed by atoms with Crippen molar-refractivity contribution in [3.63, 3.8) is 0 Å². The second-order valence-electron chi connectivity index (χ2n) is 4.92. The number of rotatable bonds is 4. The normalized spacial score (nSPS) is 24.5. The van der Waals surface area contributed by atoms with Gasteiger partial charge in [0.25, 0.3) is 0 Å². The molecule has 2 nitrogen and oxygen atoms in total. The van der Waals surface area contributed by atoms with Gasteiger partial charge in [-0.15, -0.1) is 0 Å². The third-order valence-corrected chi connectivity index (χ3v) is 3.67. The van der Waals surface area contributed by atoms with Crippen LogP contribution in [0.15, 0.2) is 53.3 Å². The molecule has 0 radical (unpaired) electrons. The van der Waals surface area contributed by atoms with E-state index in [1.807, 2.05) is 6.07 Å². The highest BCUT2D eigenvalue weighted by Gasteiger charge is 2.42. The first-order chi connectivity index (χ1) is 8.34. The summed E-state index contributed by atoms with van der Waals surface area (Å²) in [6.45, 7) is 0. The standard InChI is InChI=1S/C15H17NO/c16-15(8-11-6-7-17-10-11)14-9-13(14)12-4-2-1-3-5-12/h1-7,10,13-15H,8-9,16H2. The van der Waals surface area contributed by atoms with Crippen LogP contribution in [0.5, 0.6) is 0 Å². The SMILES string of the molecule is NC(Cc1ccoc1)C1CC1c1ccccc1. The molecule has 2 heteroatoms. The molecule has 1 saturated carbocycles. The molecule has 1 heterocycles. The van der Waals surface area contributed by atoms with Gasteiger partial charge in [0.05, 0.1) is 12.5 Å². The van der Waals surface area contributed by atoms with Crippen LogP contribution in [-0.4, -0.2) is 6.04 Å². The molecule has 1 aliphatic rings. The maximum absolute atomic E-state index is 6.26. The summed E-state index contributed by atoms with van der Waals surface area (Å²) in [5.74, 6) is 1.30. The predicted octanol–water partition coefficient (Wildman–Crippen LogP) is 2.95. The van der Waals surface area contributed by atoms with Crippen LogP contribution in [0.4, 0.5) is 0 Å². The molecule has 3 unspecified atom stereocenters. The first-order valence-electron chi connectivity index (χ1n) is 6.16. The van der Waals surface area contributed by atoms with Crippen LogP contribution in [0.3, 0.4) is 0 Å². The van der Waals surface area contributed by atoms with Gasteiger partial charge in [-0.3, -0.25) is 0 Å². The van der Waals surface area contributed by atoms with Crippen LogP contribution in [0.1, 0.15) is 23.5 Å². The van der Waals surface area contributed by atoms with E-state index in [0.29, 0.717) is 11.8 Å². The minimum Gasteiger partial charge on any atom is -0.472 e. The van der Waals surface area contributed by atoms with E-state index < -0.39 is 0 Å². The molecule has 0 spiro atoms. The second-order valence-corrected chi connectivity index (χ2v) is 4.92. The quantitative estimate of drug-likeness (QED) is 0.872. The Hall–Kier alpha value is -1.54. The summed E-state index contributed by atoms with van der Waals surface area (Å²) >= 11 is 0. The third-order valence-electron chi connectivity index (χ3n) is 3.67. The van der Waals surface area contributed by atoms with E-state index in [-0.39, 0.29) is 6.04 Å². The van der Waals surface area contributed by atoms with Gasteiger partial charge >= 0.3 is 0 Å². The van der Waals surface area contributed by atoms with Gasteiger partial charge in [-0.1, -0.05) is 30.3 Å². The topological polar surface area (TPSA) is 39.2 Å². The molecule has 0 amide bonds. The lowest BCUT2D eigenvalue weighted by Gasteiger charge is -2.09. The Balaban J connectivity index is 1.61. The van der Waals surface area contributed by atoms with Gasteiger partial charge in [0.15, 0.2) is 0 Å². The van der Waals surface area contributed by atoms with Crippen LogP contribution < -0.4 is 5.73 Å². The van der Waals surface area contributed by atoms with Gasteiger partial charge in [0.2, 0.25) is 0 Å². The zero-order valence-corrected chi connectivity index (χ0v) is 9.75. The molecule has 1 aliphatic carbocycles. The van der Waals surface area contributed by atoms with Crippen molar-refractivity contribution in [2.75, 3.05) is 0 Å². The molecule has 3 rings (SSSR count). The molecule has 2 aromatic rings. The van der Waals surface area contributed by atoms with E-state index in [2.05, 4.69) is 30.3 Å². The molecule has 17 heavy (non-hydrogen) atoms. The fraction of sp³-hybridized carbons (Fsp3) is 0.333. The molecule has 2 N–H and O–H groups in total. The number of furan rings is 1. The Morgan fingerprint density at radius 3 is 2.76 bits per heavy atom. The van der Waals surface area contributed by atoms with Gasteiger partial charge in [-0.05, 0) is 41.9 Å². The molecule has 1 fully saturated rings. The van der Waals surface area contributed by atoms with Crippen molar-refractivity contribution >= 4 is 0 Å². The lowest BCUT2D eigenvalue weighted by atomic mass is 10.0. The fourth-order valence-electron chi connectivity index (χ4n) is 2.60. The lowest BCUT2D eigenvalue weighted by molar-refractivity contribution is 0.548. The molecular weight excluding hydrogens is 210 g/mol. The molecule has 88 valence electrons. The lowest BCUT2D eigenvalue weighted by Crippen LogP contribution is -2.25. The maximum atomic E-state index is 6.26. The van der Waals surface area contributed by atoms with Crippen molar-refractivity contribution in [2.24, 2.45) is 11.7 Å². The van der Waals surface area contributed by atoms with E-state index in [1.165, 1.54) is 17.5 Å². The van der Waals surface area contributed by atoms with Crippen molar-refractivity contribution in [3.8, 4) is 0 Å². The highest BCUT2D eigenvalue weighted by molar-refractivity contribution is 5.27. The van der Waals surface area contributed by atoms with E-state index in [1.54, 1.807) is 12.5 Å². The van der Waals surface area contributed by atoms with Gasteiger partial charge in [-0.25, -0.2) is 0 Å². The van der Waals surface area contributed by atoms with E-state index in [4.69, 9.17) is 10.2 Å². The minimum atomic E-state index is 0.248. The second kappa shape index (κ2) is 4.38. The molecule has 3 atom stereocenters. The Labute approximate surface area is 101 Å². The summed E-state index contributed by atoms with van der Waals surface area (Å²) in [4.78, 5) is 0. The van der Waals surface area contributed by atoms with Gasteiger partial charge in [0, 0.05) is 6.04 Å². The molecule has 0 aliphatic heterocycles. The number of hydrogen-bond acceptors (Lipinski definition) is 2. The molecule has 1 aromatic carbocycles. The number of nitrogens with two attached hydrogens (primary N) is 1. The zero-order valence-electron chi connectivity index (χ0n) is 9.75. The molecule has 0 saturated heterocycles. The highest BCUT2D eigenvalue weighted by Crippen LogP contribution is 2.49. The van der Waals surface area contributed by atoms with Crippen molar-refractivity contribution in [3.05, 3.63) is 60.1 Å². The Morgan fingerprint density at radius 2 is 2.06 bits per heavy atom. The highest BCUT2D eigenvalue weighted by atomic mass is 16.3. The Kier molecular flexibility index (Phi) is 2.73. The minimum absolute atomic E-state index is 0.248. The summed E-state index contributed by atoms with van der Waals surface area (Å²) < 4.78 is 5.07. The van der Waals surface area contributed by atoms with E-state index >= 15 is 0 Å². The summed E-state index contributed by atoms with van der Waals surface area (Å²) in [6.07, 6.45) is 5.65. The van der Waals surface area contributed by atoms with Crippen molar-refractivity contribution in [1.82, 2.24) is 0 Å².